The van der Waals surface area contributed by atoms with Crippen molar-refractivity contribution in [3.05, 3.63) is 59.9 Å². The van der Waals surface area contributed by atoms with Crippen LogP contribution in [0.15, 0.2) is 59.9 Å². The molecule has 3 aliphatic carbocycles. The van der Waals surface area contributed by atoms with E-state index in [2.05, 4.69) is 54.5 Å². The van der Waals surface area contributed by atoms with Gasteiger partial charge in [0.05, 0.1) is 6.54 Å². The molecule has 3 atom stereocenters. The first-order valence-electron chi connectivity index (χ1n) is 17.7. The maximum atomic E-state index is 14.7. The Labute approximate surface area is 290 Å². The summed E-state index contributed by atoms with van der Waals surface area (Å²) in [7, 11) is 0. The molecule has 3 amide bonds. The van der Waals surface area contributed by atoms with Crippen molar-refractivity contribution in [3.63, 3.8) is 0 Å². The van der Waals surface area contributed by atoms with E-state index in [-0.39, 0.29) is 36.6 Å². The number of carbonyl (C=O) groups excluding carboxylic acids is 3. The van der Waals surface area contributed by atoms with Crippen LogP contribution in [0, 0.1) is 5.92 Å². The number of fused-ring (bicyclic) bond motifs is 1. The smallest absolute Gasteiger partial charge is 0.260 e. The lowest BCUT2D eigenvalue weighted by molar-refractivity contribution is -0.131. The molecule has 2 saturated heterocycles. The first-order valence-corrected chi connectivity index (χ1v) is 18.6. The summed E-state index contributed by atoms with van der Waals surface area (Å²) >= 11 is 1.43. The second-order valence-electron chi connectivity index (χ2n) is 13.8. The number of carbonyl (C=O) groups is 3. The highest BCUT2D eigenvalue weighted by Crippen LogP contribution is 2.46. The molecule has 11 heteroatoms. The number of hydrogen-bond acceptors (Lipinski definition) is 6. The quantitative estimate of drug-likeness (QED) is 0.102. The van der Waals surface area contributed by atoms with Gasteiger partial charge in [-0.1, -0.05) is 51.2 Å². The Bertz CT molecular complexity index is 1310. The van der Waals surface area contributed by atoms with E-state index >= 15 is 0 Å². The van der Waals surface area contributed by atoms with E-state index in [9.17, 15) is 23.2 Å². The summed E-state index contributed by atoms with van der Waals surface area (Å²) in [4.78, 5) is 41.8. The van der Waals surface area contributed by atoms with Crippen molar-refractivity contribution in [2.24, 2.45) is 5.92 Å². The first kappa shape index (κ1) is 37.9. The third-order valence-corrected chi connectivity index (χ3v) is 10.6. The van der Waals surface area contributed by atoms with Gasteiger partial charge in [-0.25, -0.2) is 8.78 Å². The van der Waals surface area contributed by atoms with Gasteiger partial charge in [-0.05, 0) is 86.5 Å². The van der Waals surface area contributed by atoms with Gasteiger partial charge in [0.15, 0.2) is 0 Å². The zero-order valence-corrected chi connectivity index (χ0v) is 29.9. The molecule has 0 radical (unpaired) electrons. The minimum absolute atomic E-state index is 0.0686. The Morgan fingerprint density at radius 3 is 2.60 bits per heavy atom. The number of halogens is 2. The van der Waals surface area contributed by atoms with Crippen molar-refractivity contribution in [1.82, 2.24) is 25.2 Å². The van der Waals surface area contributed by atoms with Crippen LogP contribution in [-0.4, -0.2) is 83.0 Å². The highest BCUT2D eigenvalue weighted by Gasteiger charge is 2.60. The Balaban J connectivity index is 0.00000167. The van der Waals surface area contributed by atoms with Gasteiger partial charge < -0.3 is 20.4 Å². The van der Waals surface area contributed by atoms with Crippen LogP contribution in [0.25, 0.3) is 0 Å². The fourth-order valence-electron chi connectivity index (χ4n) is 6.56. The summed E-state index contributed by atoms with van der Waals surface area (Å²) in [5.74, 6) is -3.33. The molecule has 0 aromatic rings. The summed E-state index contributed by atoms with van der Waals surface area (Å²) in [5, 5.41) is 6.32. The molecular weight excluding hydrogens is 633 g/mol. The fraction of sp³-hybridized carbons (Fsp3) is 0.649. The van der Waals surface area contributed by atoms with Crippen LogP contribution in [0.1, 0.15) is 91.4 Å². The predicted molar refractivity (Wildman–Crippen MR) is 190 cm³/mol. The maximum Gasteiger partial charge on any atom is 0.260 e. The zero-order valence-electron chi connectivity index (χ0n) is 29.1. The molecule has 2 saturated carbocycles. The van der Waals surface area contributed by atoms with Crippen LogP contribution in [-0.2, 0) is 14.4 Å². The van der Waals surface area contributed by atoms with Crippen molar-refractivity contribution in [1.29, 1.82) is 0 Å². The first-order chi connectivity index (χ1) is 22.9. The maximum absolute atomic E-state index is 14.7. The van der Waals surface area contributed by atoms with Gasteiger partial charge in [-0.15, -0.1) is 6.58 Å². The monoisotopic (exact) mass is 687 g/mol. The number of alkyl halides is 2. The molecule has 8 nitrogen and oxygen atoms in total. The second kappa shape index (κ2) is 17.1. The standard InChI is InChI=1S/C34H47F2N5O3S.C3H8/c1-4-27-18-34(27,32(44)39-45-28-14-15-28)38-31(43)30-13-9-17-41(30)23(2)19-37-22-33(35,36)16-7-5-6-10-25-11-8-12-26-20-40(24(3)42)21-29(25)26;1-3-2/h4,6,10,12,27-28,30,37H,1-2,5,7-9,11,13-22H2,3H3,(H,38,43)(H,39,44);3H2,1-2H3/b10-6+;. The number of hydrogen-bond donors (Lipinski definition) is 3. The lowest BCUT2D eigenvalue weighted by Crippen LogP contribution is -2.54. The van der Waals surface area contributed by atoms with Crippen molar-refractivity contribution in [3.8, 4) is 0 Å². The minimum atomic E-state index is -2.87. The second-order valence-corrected chi connectivity index (χ2v) is 14.9. The number of likely N-dealkylation sites (tertiary alicyclic amines) is 2. The van der Waals surface area contributed by atoms with Crippen LogP contribution in [0.3, 0.4) is 0 Å². The average molecular weight is 688 g/mol. The molecular formula is C37H55F2N5O3S. The molecule has 0 spiro atoms. The predicted octanol–water partition coefficient (Wildman–Crippen LogP) is 6.20. The number of amides is 3. The van der Waals surface area contributed by atoms with Crippen LogP contribution in [0.2, 0.25) is 0 Å². The number of rotatable bonds is 16. The number of nitrogens with one attached hydrogen (secondary N) is 3. The Hall–Kier alpha value is -2.92. The molecule has 5 aliphatic rings. The van der Waals surface area contributed by atoms with Crippen LogP contribution >= 0.6 is 11.9 Å². The molecule has 2 aliphatic heterocycles. The van der Waals surface area contributed by atoms with Crippen molar-refractivity contribution >= 4 is 29.7 Å². The van der Waals surface area contributed by atoms with Gasteiger partial charge in [0, 0.05) is 56.4 Å². The lowest BCUT2D eigenvalue weighted by atomic mass is 9.92. The van der Waals surface area contributed by atoms with Crippen LogP contribution in [0.5, 0.6) is 0 Å². The molecule has 4 fully saturated rings. The van der Waals surface area contributed by atoms with Crippen LogP contribution < -0.4 is 15.4 Å². The highest BCUT2D eigenvalue weighted by atomic mass is 32.2. The number of unbranched alkanes of at least 4 members (excludes halogenated alkanes) is 1. The van der Waals surface area contributed by atoms with Gasteiger partial charge in [-0.3, -0.25) is 19.1 Å². The SMILES string of the molecule is C=CC1CC1(NC(=O)C1CCCN1C(=C)CNCC(F)(F)CCC/C=C/C1=C2CN(C(C)=O)CC2=CCC1)C(=O)NSC1CC1.CCC. The average Bonchev–Trinajstić information content (AvgIpc) is 3.89. The molecule has 5 rings (SSSR count). The number of nitrogens with zero attached hydrogens (tertiary/aromatic N) is 2. The molecule has 0 aromatic heterocycles. The molecule has 266 valence electrons. The van der Waals surface area contributed by atoms with E-state index in [1.54, 1.807) is 13.0 Å². The summed E-state index contributed by atoms with van der Waals surface area (Å²) in [6.45, 7) is 15.4. The molecule has 0 aromatic carbocycles. The van der Waals surface area contributed by atoms with E-state index in [0.29, 0.717) is 56.3 Å². The van der Waals surface area contributed by atoms with Gasteiger partial charge in [-0.2, -0.15) is 0 Å². The molecule has 48 heavy (non-hydrogen) atoms. The summed E-state index contributed by atoms with van der Waals surface area (Å²) in [6, 6.07) is -0.486. The largest absolute Gasteiger partial charge is 0.362 e. The topological polar surface area (TPSA) is 93.8 Å². The van der Waals surface area contributed by atoms with Gasteiger partial charge in [0.2, 0.25) is 11.8 Å². The zero-order chi connectivity index (χ0) is 34.9. The van der Waals surface area contributed by atoms with Gasteiger partial charge in [0.25, 0.3) is 11.8 Å². The van der Waals surface area contributed by atoms with E-state index in [4.69, 9.17) is 0 Å². The Kier molecular flexibility index (Phi) is 13.5. The molecule has 3 N–H and O–H groups in total. The van der Waals surface area contributed by atoms with Gasteiger partial charge >= 0.3 is 0 Å². The third-order valence-electron chi connectivity index (χ3n) is 9.54. The van der Waals surface area contributed by atoms with E-state index in [0.717, 1.165) is 32.1 Å². The number of allylic oxidation sites excluding steroid dienone is 4. The lowest BCUT2D eigenvalue weighted by Gasteiger charge is -2.30. The van der Waals surface area contributed by atoms with E-state index in [1.165, 1.54) is 35.1 Å². The third kappa shape index (κ3) is 10.1. The fourth-order valence-corrected chi connectivity index (χ4v) is 7.38. The molecule has 0 bridgehead atoms. The Morgan fingerprint density at radius 1 is 1.19 bits per heavy atom. The minimum Gasteiger partial charge on any atom is -0.362 e. The molecule has 3 unspecified atom stereocenters. The van der Waals surface area contributed by atoms with Crippen molar-refractivity contribution in [2.75, 3.05) is 32.7 Å². The highest BCUT2D eigenvalue weighted by molar-refractivity contribution is 7.98. The summed E-state index contributed by atoms with van der Waals surface area (Å²) in [6.07, 6.45) is 15.9. The molecule has 2 heterocycles. The summed E-state index contributed by atoms with van der Waals surface area (Å²) in [5.41, 5.74) is 3.26. The van der Waals surface area contributed by atoms with E-state index in [1.807, 2.05) is 15.9 Å². The Morgan fingerprint density at radius 2 is 1.94 bits per heavy atom. The van der Waals surface area contributed by atoms with E-state index < -0.39 is 24.0 Å². The normalized spacial score (nSPS) is 24.9. The summed E-state index contributed by atoms with van der Waals surface area (Å²) < 4.78 is 32.3. The van der Waals surface area contributed by atoms with Crippen LogP contribution in [0.4, 0.5) is 8.78 Å². The van der Waals surface area contributed by atoms with Gasteiger partial charge in [0.1, 0.15) is 11.6 Å². The van der Waals surface area contributed by atoms with Crippen molar-refractivity contribution in [2.45, 2.75) is 114 Å². The van der Waals surface area contributed by atoms with Crippen molar-refractivity contribution < 1.29 is 23.2 Å².